The number of aromatic nitrogens is 1. The molecule has 29 heavy (non-hydrogen) atoms. The zero-order valence-electron chi connectivity index (χ0n) is 17.4. The Morgan fingerprint density at radius 2 is 1.93 bits per heavy atom. The number of ether oxygens (including phenoxy) is 1. The lowest BCUT2D eigenvalue weighted by Crippen LogP contribution is -2.49. The fraction of sp³-hybridized carbons (Fsp3) is 0.762. The molecule has 3 fully saturated rings. The number of rotatable bonds is 4. The van der Waals surface area contributed by atoms with Crippen molar-refractivity contribution in [3.05, 3.63) is 29.6 Å². The number of nitrogens with one attached hydrogen (secondary N) is 1. The second-order valence-corrected chi connectivity index (χ2v) is 8.59. The summed E-state index contributed by atoms with van der Waals surface area (Å²) in [6.07, 6.45) is 5.14. The normalized spacial score (nSPS) is 28.2. The van der Waals surface area contributed by atoms with Crippen molar-refractivity contribution in [2.24, 2.45) is 0 Å². The van der Waals surface area contributed by atoms with Crippen LogP contribution in [0.4, 0.5) is 0 Å². The van der Waals surface area contributed by atoms with Gasteiger partial charge in [0.25, 0.3) is 0 Å². The lowest BCUT2D eigenvalue weighted by molar-refractivity contribution is 0.0827. The third-order valence-corrected chi connectivity index (χ3v) is 6.66. The van der Waals surface area contributed by atoms with E-state index in [4.69, 9.17) is 9.72 Å². The van der Waals surface area contributed by atoms with Crippen molar-refractivity contribution in [1.82, 2.24) is 20.1 Å². The number of hydrogen-bond donors (Lipinski definition) is 2. The molecule has 1 aromatic heterocycles. The van der Waals surface area contributed by atoms with Crippen LogP contribution in [-0.4, -0.2) is 91.1 Å². The number of hydrogen-bond acceptors (Lipinski definition) is 6. The van der Waals surface area contributed by atoms with E-state index in [9.17, 15) is 5.11 Å². The van der Waals surface area contributed by atoms with E-state index < -0.39 is 0 Å². The van der Waals surface area contributed by atoms with Gasteiger partial charge in [-0.05, 0) is 64.0 Å². The van der Waals surface area contributed by atoms with Crippen LogP contribution in [0.15, 0.2) is 18.3 Å². The van der Waals surface area contributed by atoms with Crippen molar-refractivity contribution >= 4 is 24.8 Å². The van der Waals surface area contributed by atoms with Gasteiger partial charge in [0.2, 0.25) is 0 Å². The molecule has 3 aliphatic rings. The predicted molar refractivity (Wildman–Crippen MR) is 120 cm³/mol. The van der Waals surface area contributed by atoms with E-state index in [1.165, 1.54) is 11.3 Å². The van der Waals surface area contributed by atoms with Crippen LogP contribution in [0.5, 0.6) is 0 Å². The summed E-state index contributed by atoms with van der Waals surface area (Å²) in [7, 11) is 0. The third kappa shape index (κ3) is 5.82. The van der Waals surface area contributed by atoms with Gasteiger partial charge in [0, 0.05) is 36.9 Å². The van der Waals surface area contributed by atoms with E-state index in [-0.39, 0.29) is 42.4 Å². The van der Waals surface area contributed by atoms with Crippen molar-refractivity contribution in [3.63, 3.8) is 0 Å². The van der Waals surface area contributed by atoms with Crippen LogP contribution in [-0.2, 0) is 10.2 Å². The summed E-state index contributed by atoms with van der Waals surface area (Å²) in [5.41, 5.74) is 2.64. The van der Waals surface area contributed by atoms with Gasteiger partial charge in [-0.3, -0.25) is 9.88 Å². The molecular weight excluding hydrogens is 411 g/mol. The Balaban J connectivity index is 0.00000150. The SMILES string of the molecule is Cc1ccc(C2(CN3CCCN([C@H]4COC[C@@H]4O)CC3)CCNCC2)nc1.Cl.Cl. The minimum atomic E-state index is -0.330. The highest BCUT2D eigenvalue weighted by Gasteiger charge is 2.38. The standard InChI is InChI=1S/C21H34N4O2.2ClH/c1-17-3-4-20(23-13-17)21(5-7-22-8-6-21)16-24-9-2-10-25(12-11-24)18-14-27-15-19(18)26;;/h3-4,13,18-19,22,26H,2,5-12,14-16H2,1H3;2*1H/t18-,19-;;/m0../s1. The zero-order valence-corrected chi connectivity index (χ0v) is 19.0. The van der Waals surface area contributed by atoms with Crippen molar-refractivity contribution in [1.29, 1.82) is 0 Å². The van der Waals surface area contributed by atoms with E-state index in [2.05, 4.69) is 34.2 Å². The van der Waals surface area contributed by atoms with Crippen LogP contribution in [0.2, 0.25) is 0 Å². The fourth-order valence-corrected chi connectivity index (χ4v) is 4.97. The van der Waals surface area contributed by atoms with Gasteiger partial charge in [0.1, 0.15) is 0 Å². The number of halogens is 2. The molecule has 6 nitrogen and oxygen atoms in total. The summed E-state index contributed by atoms with van der Waals surface area (Å²) in [6, 6.07) is 4.63. The van der Waals surface area contributed by atoms with Gasteiger partial charge < -0.3 is 20.1 Å². The number of pyridine rings is 1. The van der Waals surface area contributed by atoms with Gasteiger partial charge in [0.05, 0.1) is 25.4 Å². The molecule has 0 spiro atoms. The maximum absolute atomic E-state index is 10.2. The highest BCUT2D eigenvalue weighted by molar-refractivity contribution is 5.85. The second kappa shape index (κ2) is 11.2. The van der Waals surface area contributed by atoms with Crippen molar-refractivity contribution in [2.45, 2.75) is 43.7 Å². The second-order valence-electron chi connectivity index (χ2n) is 8.59. The molecule has 0 amide bonds. The molecule has 3 aliphatic heterocycles. The number of piperidine rings is 1. The molecule has 3 saturated heterocycles. The summed E-state index contributed by atoms with van der Waals surface area (Å²) in [6.45, 7) is 10.7. The number of nitrogens with zero attached hydrogens (tertiary/aromatic N) is 3. The third-order valence-electron chi connectivity index (χ3n) is 6.66. The fourth-order valence-electron chi connectivity index (χ4n) is 4.97. The highest BCUT2D eigenvalue weighted by Crippen LogP contribution is 2.33. The molecule has 0 saturated carbocycles. The Bertz CT molecular complexity index is 613. The van der Waals surface area contributed by atoms with Gasteiger partial charge >= 0.3 is 0 Å². The largest absolute Gasteiger partial charge is 0.389 e. The Morgan fingerprint density at radius 1 is 1.14 bits per heavy atom. The minimum Gasteiger partial charge on any atom is -0.389 e. The topological polar surface area (TPSA) is 60.9 Å². The van der Waals surface area contributed by atoms with Crippen LogP contribution in [0.1, 0.15) is 30.5 Å². The molecule has 4 heterocycles. The molecule has 2 N–H and O–H groups in total. The molecular formula is C21H36Cl2N4O2. The first-order chi connectivity index (χ1) is 13.2. The van der Waals surface area contributed by atoms with Crippen LogP contribution in [0.3, 0.4) is 0 Å². The summed E-state index contributed by atoms with van der Waals surface area (Å²) < 4.78 is 5.47. The molecule has 0 radical (unpaired) electrons. The number of aliphatic hydroxyl groups excluding tert-OH is 1. The van der Waals surface area contributed by atoms with E-state index >= 15 is 0 Å². The van der Waals surface area contributed by atoms with Crippen molar-refractivity contribution < 1.29 is 9.84 Å². The van der Waals surface area contributed by atoms with Gasteiger partial charge in [-0.15, -0.1) is 24.8 Å². The summed E-state index contributed by atoms with van der Waals surface area (Å²) >= 11 is 0. The predicted octanol–water partition coefficient (Wildman–Crippen LogP) is 1.62. The maximum Gasteiger partial charge on any atom is 0.0950 e. The number of aryl methyl sites for hydroxylation is 1. The lowest BCUT2D eigenvalue weighted by Gasteiger charge is -2.41. The molecule has 2 atom stereocenters. The maximum atomic E-state index is 10.2. The van der Waals surface area contributed by atoms with Crippen LogP contribution in [0.25, 0.3) is 0 Å². The van der Waals surface area contributed by atoms with Crippen LogP contribution >= 0.6 is 24.8 Å². The van der Waals surface area contributed by atoms with Crippen LogP contribution in [0, 0.1) is 6.92 Å². The Morgan fingerprint density at radius 3 is 2.59 bits per heavy atom. The lowest BCUT2D eigenvalue weighted by atomic mass is 9.75. The minimum absolute atomic E-state index is 0. The zero-order chi connectivity index (χ0) is 18.7. The summed E-state index contributed by atoms with van der Waals surface area (Å²) in [5.74, 6) is 0. The molecule has 0 aromatic carbocycles. The molecule has 0 aliphatic carbocycles. The van der Waals surface area contributed by atoms with Crippen molar-refractivity contribution in [3.8, 4) is 0 Å². The molecule has 166 valence electrons. The Kier molecular flexibility index (Phi) is 9.61. The quantitative estimate of drug-likeness (QED) is 0.732. The number of aliphatic hydroxyl groups is 1. The molecule has 4 rings (SSSR count). The average Bonchev–Trinajstić information content (AvgIpc) is 2.98. The molecule has 0 unspecified atom stereocenters. The van der Waals surface area contributed by atoms with Gasteiger partial charge in [-0.25, -0.2) is 0 Å². The van der Waals surface area contributed by atoms with E-state index in [1.54, 1.807) is 0 Å². The first-order valence-corrected chi connectivity index (χ1v) is 10.5. The first kappa shape index (κ1) is 24.8. The van der Waals surface area contributed by atoms with E-state index in [0.717, 1.165) is 65.1 Å². The first-order valence-electron chi connectivity index (χ1n) is 10.5. The smallest absolute Gasteiger partial charge is 0.0950 e. The van der Waals surface area contributed by atoms with Gasteiger partial charge in [0.15, 0.2) is 0 Å². The summed E-state index contributed by atoms with van der Waals surface area (Å²) in [4.78, 5) is 9.91. The molecule has 1 aromatic rings. The Labute approximate surface area is 187 Å². The van der Waals surface area contributed by atoms with Gasteiger partial charge in [-0.1, -0.05) is 6.07 Å². The van der Waals surface area contributed by atoms with Crippen LogP contribution < -0.4 is 5.32 Å². The van der Waals surface area contributed by atoms with E-state index in [0.29, 0.717) is 13.2 Å². The summed E-state index contributed by atoms with van der Waals surface area (Å²) in [5, 5.41) is 13.7. The highest BCUT2D eigenvalue weighted by atomic mass is 35.5. The molecule has 8 heteroatoms. The van der Waals surface area contributed by atoms with Crippen molar-refractivity contribution in [2.75, 3.05) is 59.0 Å². The van der Waals surface area contributed by atoms with E-state index in [1.807, 2.05) is 6.20 Å². The Hall–Kier alpha value is -0.470. The average molecular weight is 447 g/mol. The van der Waals surface area contributed by atoms with Gasteiger partial charge in [-0.2, -0.15) is 0 Å². The molecule has 0 bridgehead atoms. The monoisotopic (exact) mass is 446 g/mol.